The van der Waals surface area contributed by atoms with Gasteiger partial charge in [-0.25, -0.2) is 0 Å². The Morgan fingerprint density at radius 1 is 0.861 bits per heavy atom. The van der Waals surface area contributed by atoms with Crippen molar-refractivity contribution >= 4 is 28.7 Å². The first kappa shape index (κ1) is 25.4. The van der Waals surface area contributed by atoms with E-state index < -0.39 is 0 Å². The largest absolute Gasteiger partial charge is 0.385 e. The molecule has 3 aromatic carbocycles. The highest BCUT2D eigenvalue weighted by atomic mass is 16.1. The van der Waals surface area contributed by atoms with Crippen LogP contribution in [0.25, 0.3) is 5.70 Å². The van der Waals surface area contributed by atoms with E-state index >= 15 is 0 Å². The van der Waals surface area contributed by atoms with Crippen molar-refractivity contribution in [2.75, 3.05) is 47.8 Å². The van der Waals surface area contributed by atoms with Gasteiger partial charge in [0.1, 0.15) is 0 Å². The van der Waals surface area contributed by atoms with E-state index in [1.54, 1.807) is 0 Å². The third kappa shape index (κ3) is 6.09. The van der Waals surface area contributed by atoms with Crippen molar-refractivity contribution in [3.63, 3.8) is 0 Å². The molecular weight excluding hydrogens is 444 g/mol. The van der Waals surface area contributed by atoms with Gasteiger partial charge in [0.25, 0.3) is 5.91 Å². The van der Waals surface area contributed by atoms with E-state index in [0.29, 0.717) is 5.56 Å². The van der Waals surface area contributed by atoms with Crippen molar-refractivity contribution < 1.29 is 4.79 Å². The molecule has 1 amide bonds. The maximum atomic E-state index is 13.2. The number of anilines is 3. The van der Waals surface area contributed by atoms with E-state index in [-0.39, 0.29) is 5.91 Å². The second-order valence-corrected chi connectivity index (χ2v) is 9.57. The zero-order valence-corrected chi connectivity index (χ0v) is 21.8. The summed E-state index contributed by atoms with van der Waals surface area (Å²) in [6.45, 7) is 15.1. The third-order valence-corrected chi connectivity index (χ3v) is 6.85. The standard InChI is InChI=1S/C31H38N4O/c1-5-6-17-32-25(4)27-15-16-30(28(22-27)33-31(36)26-13-11-23(2)12-14-26)35-20-18-34(19-21-35)29-10-8-7-9-24(29)3/h7-16,22,32H,4-6,17-21H2,1-3H3,(H,33,36). The smallest absolute Gasteiger partial charge is 0.255 e. The lowest BCUT2D eigenvalue weighted by atomic mass is 10.1. The third-order valence-electron chi connectivity index (χ3n) is 6.85. The van der Waals surface area contributed by atoms with Gasteiger partial charge >= 0.3 is 0 Å². The van der Waals surface area contributed by atoms with Crippen LogP contribution < -0.4 is 20.4 Å². The van der Waals surface area contributed by atoms with Crippen molar-refractivity contribution in [1.82, 2.24) is 5.32 Å². The summed E-state index contributed by atoms with van der Waals surface area (Å²) in [5.74, 6) is -0.100. The van der Waals surface area contributed by atoms with Gasteiger partial charge in [-0.05, 0) is 61.7 Å². The number of para-hydroxylation sites is 1. The van der Waals surface area contributed by atoms with Crippen LogP contribution >= 0.6 is 0 Å². The Hall–Kier alpha value is -3.73. The fourth-order valence-electron chi connectivity index (χ4n) is 4.62. The van der Waals surface area contributed by atoms with Crippen LogP contribution in [0.15, 0.2) is 73.3 Å². The summed E-state index contributed by atoms with van der Waals surface area (Å²) in [5, 5.41) is 6.61. The maximum Gasteiger partial charge on any atom is 0.255 e. The highest BCUT2D eigenvalue weighted by Crippen LogP contribution is 2.31. The van der Waals surface area contributed by atoms with Crippen LogP contribution in [0.3, 0.4) is 0 Å². The van der Waals surface area contributed by atoms with Gasteiger partial charge in [0, 0.05) is 49.7 Å². The van der Waals surface area contributed by atoms with Crippen LogP contribution in [0.4, 0.5) is 17.1 Å². The number of amides is 1. The minimum Gasteiger partial charge on any atom is -0.385 e. The van der Waals surface area contributed by atoms with Gasteiger partial charge in [-0.1, -0.05) is 61.9 Å². The van der Waals surface area contributed by atoms with E-state index in [4.69, 9.17) is 0 Å². The summed E-state index contributed by atoms with van der Waals surface area (Å²) in [6, 6.07) is 22.5. The second kappa shape index (κ2) is 11.8. The Morgan fingerprint density at radius 3 is 2.17 bits per heavy atom. The molecule has 0 unspecified atom stereocenters. The molecule has 1 fully saturated rings. The van der Waals surface area contributed by atoms with Crippen LogP contribution in [0, 0.1) is 13.8 Å². The van der Waals surface area contributed by atoms with Crippen molar-refractivity contribution in [2.45, 2.75) is 33.6 Å². The summed E-state index contributed by atoms with van der Waals surface area (Å²) in [4.78, 5) is 18.0. The number of unbranched alkanes of at least 4 members (excludes halogenated alkanes) is 1. The van der Waals surface area contributed by atoms with Crippen molar-refractivity contribution in [3.05, 3.63) is 95.6 Å². The molecule has 188 valence electrons. The molecule has 5 nitrogen and oxygen atoms in total. The number of hydrogen-bond acceptors (Lipinski definition) is 4. The molecule has 0 aromatic heterocycles. The first-order valence-electron chi connectivity index (χ1n) is 13.0. The van der Waals surface area contributed by atoms with Gasteiger partial charge in [-0.3, -0.25) is 4.79 Å². The molecule has 2 N–H and O–H groups in total. The Bertz CT molecular complexity index is 1190. The van der Waals surface area contributed by atoms with Gasteiger partial charge in [-0.2, -0.15) is 0 Å². The number of rotatable bonds is 9. The summed E-state index contributed by atoms with van der Waals surface area (Å²) in [7, 11) is 0. The van der Waals surface area contributed by atoms with Crippen molar-refractivity contribution in [2.24, 2.45) is 0 Å². The topological polar surface area (TPSA) is 47.6 Å². The molecule has 0 bridgehead atoms. The van der Waals surface area contributed by atoms with Crippen molar-refractivity contribution in [3.8, 4) is 0 Å². The van der Waals surface area contributed by atoms with Gasteiger partial charge in [0.2, 0.25) is 0 Å². The number of carbonyl (C=O) groups excluding carboxylic acids is 1. The normalized spacial score (nSPS) is 13.4. The maximum absolute atomic E-state index is 13.2. The lowest BCUT2D eigenvalue weighted by Crippen LogP contribution is -2.47. The first-order valence-corrected chi connectivity index (χ1v) is 13.0. The molecular formula is C31H38N4O. The molecule has 1 heterocycles. The molecule has 1 aliphatic heterocycles. The van der Waals surface area contributed by atoms with Crippen LogP contribution in [0.2, 0.25) is 0 Å². The quantitative estimate of drug-likeness (QED) is 0.354. The van der Waals surface area contributed by atoms with Gasteiger partial charge in [0.05, 0.1) is 11.4 Å². The average molecular weight is 483 g/mol. The zero-order valence-electron chi connectivity index (χ0n) is 21.8. The van der Waals surface area contributed by atoms with E-state index in [2.05, 4.69) is 83.3 Å². The lowest BCUT2D eigenvalue weighted by molar-refractivity contribution is 0.102. The highest BCUT2D eigenvalue weighted by molar-refractivity contribution is 6.06. The van der Waals surface area contributed by atoms with Gasteiger partial charge in [0.15, 0.2) is 0 Å². The number of piperazine rings is 1. The van der Waals surface area contributed by atoms with Crippen LogP contribution in [0.1, 0.15) is 46.8 Å². The fraction of sp³-hybridized carbons (Fsp3) is 0.323. The minimum absolute atomic E-state index is 0.100. The monoisotopic (exact) mass is 482 g/mol. The molecule has 0 saturated carbocycles. The van der Waals surface area contributed by atoms with Crippen molar-refractivity contribution in [1.29, 1.82) is 0 Å². The Balaban J connectivity index is 1.55. The number of aryl methyl sites for hydroxylation is 2. The molecule has 0 spiro atoms. The van der Waals surface area contributed by atoms with E-state index in [1.165, 1.54) is 11.3 Å². The molecule has 0 radical (unpaired) electrons. The molecule has 1 aliphatic rings. The Kier molecular flexibility index (Phi) is 8.32. The Labute approximate surface area is 215 Å². The molecule has 0 aliphatic carbocycles. The predicted octanol–water partition coefficient (Wildman–Crippen LogP) is 6.24. The molecule has 3 aromatic rings. The SMILES string of the molecule is C=C(NCCCC)c1ccc(N2CCN(c3ccccc3C)CC2)c(NC(=O)c2ccc(C)cc2)c1. The van der Waals surface area contributed by atoms with E-state index in [1.807, 2.05) is 31.2 Å². The first-order chi connectivity index (χ1) is 17.5. The van der Waals surface area contributed by atoms with E-state index in [0.717, 1.165) is 73.8 Å². The molecule has 1 saturated heterocycles. The number of nitrogens with one attached hydrogen (secondary N) is 2. The van der Waals surface area contributed by atoms with Gasteiger partial charge < -0.3 is 20.4 Å². The zero-order chi connectivity index (χ0) is 25.5. The second-order valence-electron chi connectivity index (χ2n) is 9.57. The summed E-state index contributed by atoms with van der Waals surface area (Å²) < 4.78 is 0. The summed E-state index contributed by atoms with van der Waals surface area (Å²) in [5.41, 5.74) is 8.13. The molecule has 4 rings (SSSR count). The minimum atomic E-state index is -0.100. The van der Waals surface area contributed by atoms with E-state index in [9.17, 15) is 4.79 Å². The number of benzene rings is 3. The average Bonchev–Trinajstić information content (AvgIpc) is 2.89. The van der Waals surface area contributed by atoms with Crippen LogP contribution in [-0.4, -0.2) is 38.6 Å². The highest BCUT2D eigenvalue weighted by Gasteiger charge is 2.22. The van der Waals surface area contributed by atoms with Crippen LogP contribution in [-0.2, 0) is 0 Å². The van der Waals surface area contributed by atoms with Crippen LogP contribution in [0.5, 0.6) is 0 Å². The summed E-state index contributed by atoms with van der Waals surface area (Å²) in [6.07, 6.45) is 2.23. The predicted molar refractivity (Wildman–Crippen MR) is 153 cm³/mol. The number of nitrogens with zero attached hydrogens (tertiary/aromatic N) is 2. The Morgan fingerprint density at radius 2 is 1.50 bits per heavy atom. The number of hydrogen-bond donors (Lipinski definition) is 2. The summed E-state index contributed by atoms with van der Waals surface area (Å²) >= 11 is 0. The molecule has 5 heteroatoms. The molecule has 0 atom stereocenters. The number of carbonyl (C=O) groups is 1. The molecule has 36 heavy (non-hydrogen) atoms. The lowest BCUT2D eigenvalue weighted by Gasteiger charge is -2.38. The van der Waals surface area contributed by atoms with Gasteiger partial charge in [-0.15, -0.1) is 0 Å². The fourth-order valence-corrected chi connectivity index (χ4v) is 4.62.